The summed E-state index contributed by atoms with van der Waals surface area (Å²) in [6.07, 6.45) is 3.31. The largest absolute Gasteiger partial charge is 0.335 e. The minimum atomic E-state index is 0.0212. The quantitative estimate of drug-likeness (QED) is 0.796. The minimum absolute atomic E-state index is 0.0212. The summed E-state index contributed by atoms with van der Waals surface area (Å²) in [6.45, 7) is 6.73. The molecule has 5 heteroatoms. The Morgan fingerprint density at radius 2 is 2.11 bits per heavy atom. The molecule has 2 rings (SSSR count). The third-order valence-corrected chi connectivity index (χ3v) is 3.99. The highest BCUT2D eigenvalue weighted by Crippen LogP contribution is 2.21. The van der Waals surface area contributed by atoms with Gasteiger partial charge in [-0.2, -0.15) is 0 Å². The van der Waals surface area contributed by atoms with Gasteiger partial charge in [0.1, 0.15) is 0 Å². The number of aromatic nitrogens is 1. The molecule has 1 amide bonds. The van der Waals surface area contributed by atoms with E-state index in [2.05, 4.69) is 46.7 Å². The number of hydrogen-bond donors (Lipinski definition) is 0. The molecule has 1 saturated heterocycles. The Morgan fingerprint density at radius 1 is 1.39 bits per heavy atom. The van der Waals surface area contributed by atoms with E-state index in [9.17, 15) is 4.79 Å². The van der Waals surface area contributed by atoms with Gasteiger partial charge >= 0.3 is 0 Å². The number of amides is 1. The van der Waals surface area contributed by atoms with E-state index in [0.717, 1.165) is 24.1 Å². The van der Waals surface area contributed by atoms with Crippen LogP contribution in [0.1, 0.15) is 24.2 Å². The fourth-order valence-electron chi connectivity index (χ4n) is 2.12. The molecule has 1 aliphatic rings. The van der Waals surface area contributed by atoms with Crippen LogP contribution in [0.3, 0.4) is 0 Å². The molecule has 0 saturated carbocycles. The fraction of sp³-hybridized carbons (Fsp3) is 0.538. The van der Waals surface area contributed by atoms with Crippen LogP contribution in [0.15, 0.2) is 22.9 Å². The molecule has 18 heavy (non-hydrogen) atoms. The molecule has 2 heterocycles. The van der Waals surface area contributed by atoms with E-state index >= 15 is 0 Å². The van der Waals surface area contributed by atoms with E-state index in [1.54, 1.807) is 12.4 Å². The summed E-state index contributed by atoms with van der Waals surface area (Å²) in [5.74, 6) is 0.0602. The predicted octanol–water partition coefficient (Wildman–Crippen LogP) is 2.01. The zero-order valence-electron chi connectivity index (χ0n) is 11.0. The van der Waals surface area contributed by atoms with E-state index in [4.69, 9.17) is 0 Å². The molecule has 98 valence electrons. The monoisotopic (exact) mass is 311 g/mol. The summed E-state index contributed by atoms with van der Waals surface area (Å²) in [6, 6.07) is 1.82. The van der Waals surface area contributed by atoms with Gasteiger partial charge < -0.3 is 4.90 Å². The van der Waals surface area contributed by atoms with Crippen LogP contribution in [0.5, 0.6) is 0 Å². The van der Waals surface area contributed by atoms with Gasteiger partial charge in [-0.25, -0.2) is 0 Å². The third kappa shape index (κ3) is 2.72. The first-order chi connectivity index (χ1) is 8.40. The molecule has 0 radical (unpaired) electrons. The average Bonchev–Trinajstić information content (AvgIpc) is 2.31. The van der Waals surface area contributed by atoms with Gasteiger partial charge in [0.15, 0.2) is 0 Å². The maximum absolute atomic E-state index is 12.4. The van der Waals surface area contributed by atoms with Crippen LogP contribution >= 0.6 is 15.9 Å². The predicted molar refractivity (Wildman–Crippen MR) is 74.5 cm³/mol. The molecule has 0 N–H and O–H groups in total. The van der Waals surface area contributed by atoms with E-state index in [1.165, 1.54) is 0 Å². The van der Waals surface area contributed by atoms with Crippen LogP contribution in [-0.4, -0.2) is 52.9 Å². The van der Waals surface area contributed by atoms with E-state index < -0.39 is 0 Å². The smallest absolute Gasteiger partial charge is 0.255 e. The number of carbonyl (C=O) groups excluding carboxylic acids is 1. The van der Waals surface area contributed by atoms with Crippen molar-refractivity contribution in [3.63, 3.8) is 0 Å². The highest BCUT2D eigenvalue weighted by atomic mass is 79.9. The molecule has 0 spiro atoms. The number of pyridine rings is 1. The lowest BCUT2D eigenvalue weighted by atomic mass is 9.99. The molecule has 0 aliphatic carbocycles. The minimum Gasteiger partial charge on any atom is -0.335 e. The number of likely N-dealkylation sites (N-methyl/N-ethyl adjacent to an activating group) is 1. The van der Waals surface area contributed by atoms with Crippen LogP contribution in [0, 0.1) is 0 Å². The van der Waals surface area contributed by atoms with Crippen molar-refractivity contribution in [2.75, 3.05) is 26.7 Å². The third-order valence-electron chi connectivity index (χ3n) is 3.56. The average molecular weight is 312 g/mol. The lowest BCUT2D eigenvalue weighted by Gasteiger charge is -2.45. The Balaban J connectivity index is 2.15. The van der Waals surface area contributed by atoms with E-state index in [0.29, 0.717) is 5.56 Å². The fourth-order valence-corrected chi connectivity index (χ4v) is 2.49. The van der Waals surface area contributed by atoms with E-state index in [1.807, 2.05) is 11.0 Å². The van der Waals surface area contributed by atoms with Crippen molar-refractivity contribution in [1.82, 2.24) is 14.8 Å². The number of rotatable bonds is 1. The normalized spacial score (nSPS) is 19.9. The summed E-state index contributed by atoms with van der Waals surface area (Å²) in [4.78, 5) is 20.6. The maximum atomic E-state index is 12.4. The molecule has 1 aromatic heterocycles. The van der Waals surface area contributed by atoms with Crippen LogP contribution < -0.4 is 0 Å². The number of piperazine rings is 1. The van der Waals surface area contributed by atoms with Crippen LogP contribution in [0.25, 0.3) is 0 Å². The SMILES string of the molecule is CN1CCN(C(=O)c2cncc(Br)c2)CC1(C)C. The Labute approximate surface area is 116 Å². The van der Waals surface area contributed by atoms with Crippen LogP contribution in [0.4, 0.5) is 0 Å². The maximum Gasteiger partial charge on any atom is 0.255 e. The second kappa shape index (κ2) is 4.97. The summed E-state index contributed by atoms with van der Waals surface area (Å²) >= 11 is 3.34. The number of hydrogen-bond acceptors (Lipinski definition) is 3. The number of halogens is 1. The molecular formula is C13H18BrN3O. The second-order valence-corrected chi connectivity index (χ2v) is 6.27. The van der Waals surface area contributed by atoms with Crippen LogP contribution in [-0.2, 0) is 0 Å². The van der Waals surface area contributed by atoms with Crippen molar-refractivity contribution < 1.29 is 4.79 Å². The van der Waals surface area contributed by atoms with Gasteiger partial charge in [0.2, 0.25) is 0 Å². The zero-order valence-corrected chi connectivity index (χ0v) is 12.6. The van der Waals surface area contributed by atoms with Crippen molar-refractivity contribution in [1.29, 1.82) is 0 Å². The summed E-state index contributed by atoms with van der Waals surface area (Å²) in [7, 11) is 2.10. The number of carbonyl (C=O) groups is 1. The van der Waals surface area contributed by atoms with E-state index in [-0.39, 0.29) is 11.4 Å². The lowest BCUT2D eigenvalue weighted by molar-refractivity contribution is 0.0311. The van der Waals surface area contributed by atoms with Crippen molar-refractivity contribution in [2.45, 2.75) is 19.4 Å². The van der Waals surface area contributed by atoms with Gasteiger partial charge in [-0.3, -0.25) is 14.7 Å². The molecule has 1 aliphatic heterocycles. The van der Waals surface area contributed by atoms with Crippen molar-refractivity contribution in [3.05, 3.63) is 28.5 Å². The Hall–Kier alpha value is -0.940. The molecule has 1 fully saturated rings. The van der Waals surface area contributed by atoms with Gasteiger partial charge in [0.25, 0.3) is 5.91 Å². The molecule has 1 aromatic rings. The van der Waals surface area contributed by atoms with Gasteiger partial charge in [-0.1, -0.05) is 0 Å². The van der Waals surface area contributed by atoms with Gasteiger partial charge in [-0.15, -0.1) is 0 Å². The Morgan fingerprint density at radius 3 is 2.72 bits per heavy atom. The second-order valence-electron chi connectivity index (χ2n) is 5.35. The highest BCUT2D eigenvalue weighted by Gasteiger charge is 2.33. The van der Waals surface area contributed by atoms with Crippen LogP contribution in [0.2, 0.25) is 0 Å². The summed E-state index contributed by atoms with van der Waals surface area (Å²) in [5.41, 5.74) is 0.664. The zero-order chi connectivity index (χ0) is 13.3. The molecule has 0 atom stereocenters. The molecule has 0 unspecified atom stereocenters. The molecule has 0 aromatic carbocycles. The van der Waals surface area contributed by atoms with Gasteiger partial charge in [-0.05, 0) is 42.9 Å². The van der Waals surface area contributed by atoms with Crippen molar-refractivity contribution >= 4 is 21.8 Å². The van der Waals surface area contributed by atoms with Gasteiger partial charge in [0, 0.05) is 42.0 Å². The highest BCUT2D eigenvalue weighted by molar-refractivity contribution is 9.10. The molecular weight excluding hydrogens is 294 g/mol. The van der Waals surface area contributed by atoms with Crippen molar-refractivity contribution in [3.8, 4) is 0 Å². The van der Waals surface area contributed by atoms with Crippen molar-refractivity contribution in [2.24, 2.45) is 0 Å². The summed E-state index contributed by atoms with van der Waals surface area (Å²) < 4.78 is 0.835. The standard InChI is InChI=1S/C13H18BrN3O/c1-13(2)9-17(5-4-16(13)3)12(18)10-6-11(14)8-15-7-10/h6-8H,4-5,9H2,1-3H3. The summed E-state index contributed by atoms with van der Waals surface area (Å²) in [5, 5.41) is 0. The Kier molecular flexibility index (Phi) is 3.73. The first kappa shape index (κ1) is 13.5. The number of nitrogens with zero attached hydrogens (tertiary/aromatic N) is 3. The molecule has 4 nitrogen and oxygen atoms in total. The first-order valence-electron chi connectivity index (χ1n) is 6.01. The lowest BCUT2D eigenvalue weighted by Crippen LogP contribution is -2.58. The molecule has 0 bridgehead atoms. The first-order valence-corrected chi connectivity index (χ1v) is 6.80. The van der Waals surface area contributed by atoms with Gasteiger partial charge in [0.05, 0.1) is 5.56 Å². The topological polar surface area (TPSA) is 36.4 Å². The Bertz CT molecular complexity index is 461.